The van der Waals surface area contributed by atoms with Crippen molar-refractivity contribution in [1.29, 1.82) is 0 Å². The highest BCUT2D eigenvalue weighted by atomic mass is 16.5. The van der Waals surface area contributed by atoms with Crippen LogP contribution in [-0.4, -0.2) is 33.4 Å². The molecule has 4 rings (SSSR count). The Bertz CT molecular complexity index is 1140. The van der Waals surface area contributed by atoms with Crippen LogP contribution in [0, 0.1) is 0 Å². The van der Waals surface area contributed by atoms with E-state index < -0.39 is 0 Å². The number of phenolic OH excluding ortho intramolecular Hbond substituents is 1. The van der Waals surface area contributed by atoms with Gasteiger partial charge >= 0.3 is 0 Å². The van der Waals surface area contributed by atoms with Gasteiger partial charge < -0.3 is 20.5 Å². The highest BCUT2D eigenvalue weighted by Crippen LogP contribution is 2.25. The number of ether oxygens (including phenoxy) is 1. The molecule has 0 aliphatic carbocycles. The smallest absolute Gasteiger partial charge is 0.250 e. The summed E-state index contributed by atoms with van der Waals surface area (Å²) in [5, 5.41) is 20.2. The Hall–Kier alpha value is -4.66. The molecule has 0 bridgehead atoms. The molecule has 0 saturated heterocycles. The Labute approximate surface area is 184 Å². The van der Waals surface area contributed by atoms with Crippen LogP contribution in [-0.2, 0) is 0 Å². The molecule has 1 aromatic heterocycles. The van der Waals surface area contributed by atoms with E-state index >= 15 is 0 Å². The average molecular weight is 427 g/mol. The minimum absolute atomic E-state index is 0.0586. The van der Waals surface area contributed by atoms with Crippen LogP contribution in [0.1, 0.15) is 5.56 Å². The van der Waals surface area contributed by atoms with Crippen molar-refractivity contribution in [2.75, 3.05) is 23.2 Å². The zero-order valence-corrected chi connectivity index (χ0v) is 17.2. The lowest BCUT2D eigenvalue weighted by atomic mass is 10.2. The van der Waals surface area contributed by atoms with E-state index in [1.54, 1.807) is 18.3 Å². The number of para-hydroxylation sites is 2. The van der Waals surface area contributed by atoms with Gasteiger partial charge in [0, 0.05) is 11.4 Å². The molecule has 4 aromatic rings. The van der Waals surface area contributed by atoms with Crippen molar-refractivity contribution in [3.05, 3.63) is 84.4 Å². The van der Waals surface area contributed by atoms with Crippen LogP contribution in [0.5, 0.6) is 11.5 Å². The number of benzene rings is 3. The van der Waals surface area contributed by atoms with Crippen molar-refractivity contribution >= 4 is 35.4 Å². The Morgan fingerprint density at radius 3 is 1.91 bits per heavy atom. The van der Waals surface area contributed by atoms with Gasteiger partial charge in [0.1, 0.15) is 0 Å². The fourth-order valence-corrected chi connectivity index (χ4v) is 2.78. The predicted octanol–water partition coefficient (Wildman–Crippen LogP) is 4.52. The summed E-state index contributed by atoms with van der Waals surface area (Å²) in [6, 6.07) is 24.1. The van der Waals surface area contributed by atoms with Gasteiger partial charge in [-0.2, -0.15) is 20.1 Å². The predicted molar refractivity (Wildman–Crippen MR) is 125 cm³/mol. The summed E-state index contributed by atoms with van der Waals surface area (Å²) in [7, 11) is 1.49. The molecule has 160 valence electrons. The van der Waals surface area contributed by atoms with Gasteiger partial charge in [-0.15, -0.1) is 0 Å². The molecule has 0 saturated carbocycles. The molecule has 0 atom stereocenters. The number of methoxy groups -OCH3 is 1. The number of phenols is 1. The van der Waals surface area contributed by atoms with Crippen LogP contribution in [0.4, 0.5) is 29.2 Å². The Kier molecular flexibility index (Phi) is 6.37. The quantitative estimate of drug-likeness (QED) is 0.240. The second kappa shape index (κ2) is 9.90. The lowest BCUT2D eigenvalue weighted by molar-refractivity contribution is 0.373. The van der Waals surface area contributed by atoms with E-state index in [9.17, 15) is 5.11 Å². The summed E-state index contributed by atoms with van der Waals surface area (Å²) in [6.45, 7) is 0. The van der Waals surface area contributed by atoms with Crippen molar-refractivity contribution in [2.45, 2.75) is 0 Å². The summed E-state index contributed by atoms with van der Waals surface area (Å²) < 4.78 is 5.11. The van der Waals surface area contributed by atoms with Gasteiger partial charge in [0.25, 0.3) is 0 Å². The maximum Gasteiger partial charge on any atom is 0.250 e. The van der Waals surface area contributed by atoms with Crippen molar-refractivity contribution < 1.29 is 9.84 Å². The Morgan fingerprint density at radius 2 is 1.34 bits per heavy atom. The van der Waals surface area contributed by atoms with Gasteiger partial charge in [-0.1, -0.05) is 36.4 Å². The molecule has 9 nitrogen and oxygen atoms in total. The first-order valence-corrected chi connectivity index (χ1v) is 9.76. The monoisotopic (exact) mass is 427 g/mol. The third kappa shape index (κ3) is 5.48. The van der Waals surface area contributed by atoms with E-state index in [-0.39, 0.29) is 11.7 Å². The molecule has 32 heavy (non-hydrogen) atoms. The first-order valence-electron chi connectivity index (χ1n) is 9.76. The molecule has 0 fully saturated rings. The van der Waals surface area contributed by atoms with Crippen LogP contribution in [0.2, 0.25) is 0 Å². The van der Waals surface area contributed by atoms with Gasteiger partial charge in [-0.3, -0.25) is 0 Å². The second-order valence-electron chi connectivity index (χ2n) is 6.59. The van der Waals surface area contributed by atoms with E-state index in [1.165, 1.54) is 13.2 Å². The first kappa shape index (κ1) is 20.6. The van der Waals surface area contributed by atoms with E-state index in [4.69, 9.17) is 4.74 Å². The third-order valence-electron chi connectivity index (χ3n) is 4.28. The van der Waals surface area contributed by atoms with Gasteiger partial charge in [0.15, 0.2) is 11.5 Å². The minimum Gasteiger partial charge on any atom is -0.504 e. The van der Waals surface area contributed by atoms with Gasteiger partial charge in [0.05, 0.1) is 13.3 Å². The Balaban J connectivity index is 1.56. The van der Waals surface area contributed by atoms with Gasteiger partial charge in [-0.05, 0) is 48.0 Å². The van der Waals surface area contributed by atoms with Crippen LogP contribution in [0.25, 0.3) is 0 Å². The van der Waals surface area contributed by atoms with Crippen molar-refractivity contribution in [3.63, 3.8) is 0 Å². The molecule has 0 spiro atoms. The summed E-state index contributed by atoms with van der Waals surface area (Å²) in [6.07, 6.45) is 1.57. The van der Waals surface area contributed by atoms with Crippen LogP contribution < -0.4 is 20.8 Å². The maximum atomic E-state index is 9.72. The number of hydrogen-bond acceptors (Lipinski definition) is 9. The summed E-state index contributed by atoms with van der Waals surface area (Å²) in [4.78, 5) is 13.2. The van der Waals surface area contributed by atoms with Crippen LogP contribution in [0.15, 0.2) is 84.0 Å². The summed E-state index contributed by atoms with van der Waals surface area (Å²) in [5.41, 5.74) is 5.23. The van der Waals surface area contributed by atoms with Crippen molar-refractivity contribution in [3.8, 4) is 11.5 Å². The second-order valence-corrected chi connectivity index (χ2v) is 6.59. The molecule has 0 radical (unpaired) electrons. The van der Waals surface area contributed by atoms with Gasteiger partial charge in [-0.25, -0.2) is 5.43 Å². The van der Waals surface area contributed by atoms with Crippen LogP contribution in [0.3, 0.4) is 0 Å². The van der Waals surface area contributed by atoms with E-state index in [2.05, 4.69) is 36.1 Å². The zero-order valence-electron chi connectivity index (χ0n) is 17.2. The molecule has 3 aromatic carbocycles. The maximum absolute atomic E-state index is 9.72. The summed E-state index contributed by atoms with van der Waals surface area (Å²) in [5.74, 6) is 1.38. The largest absolute Gasteiger partial charge is 0.504 e. The topological polar surface area (TPSA) is 117 Å². The molecule has 0 aliphatic rings. The molecule has 1 heterocycles. The highest BCUT2D eigenvalue weighted by molar-refractivity contribution is 5.81. The average Bonchev–Trinajstić information content (AvgIpc) is 2.81. The number of aromatic nitrogens is 3. The SMILES string of the molecule is COc1cc(/C=N\Nc2nc(Nc3ccccc3)nc(Nc3ccccc3)n2)ccc1O. The van der Waals surface area contributed by atoms with E-state index in [1.807, 2.05) is 60.7 Å². The van der Waals surface area contributed by atoms with Crippen molar-refractivity contribution in [2.24, 2.45) is 5.10 Å². The number of rotatable bonds is 8. The van der Waals surface area contributed by atoms with Crippen molar-refractivity contribution in [1.82, 2.24) is 15.0 Å². The molecule has 0 amide bonds. The fourth-order valence-electron chi connectivity index (χ4n) is 2.78. The molecule has 0 unspecified atom stereocenters. The lowest BCUT2D eigenvalue weighted by Gasteiger charge is -2.10. The number of nitrogens with zero attached hydrogens (tertiary/aromatic N) is 4. The molecular weight excluding hydrogens is 406 g/mol. The third-order valence-corrected chi connectivity index (χ3v) is 4.28. The number of hydrazone groups is 1. The fraction of sp³-hybridized carbons (Fsp3) is 0.0435. The molecule has 4 N–H and O–H groups in total. The minimum atomic E-state index is 0.0586. The number of nitrogens with one attached hydrogen (secondary N) is 3. The highest BCUT2D eigenvalue weighted by Gasteiger charge is 2.07. The number of anilines is 5. The standard InChI is InChI=1S/C23H21N7O2/c1-32-20-14-16(12-13-19(20)31)15-24-30-23-28-21(25-17-8-4-2-5-9-17)27-22(29-23)26-18-10-6-3-7-11-18/h2-15,31H,1H3,(H3,25,26,27,28,29,30)/b24-15-. The molecule has 0 aliphatic heterocycles. The Morgan fingerprint density at radius 1 is 0.781 bits per heavy atom. The number of aromatic hydroxyl groups is 1. The van der Waals surface area contributed by atoms with Crippen LogP contribution >= 0.6 is 0 Å². The van der Waals surface area contributed by atoms with E-state index in [0.717, 1.165) is 16.9 Å². The lowest BCUT2D eigenvalue weighted by Crippen LogP contribution is -2.07. The first-order chi connectivity index (χ1) is 15.7. The summed E-state index contributed by atoms with van der Waals surface area (Å²) >= 11 is 0. The van der Waals surface area contributed by atoms with Gasteiger partial charge in [0.2, 0.25) is 17.8 Å². The molecular formula is C23H21N7O2. The zero-order chi connectivity index (χ0) is 22.2. The number of hydrogen-bond donors (Lipinski definition) is 4. The van der Waals surface area contributed by atoms with E-state index in [0.29, 0.717) is 17.6 Å². The molecule has 9 heteroatoms. The normalized spacial score (nSPS) is 10.7.